The van der Waals surface area contributed by atoms with Gasteiger partial charge < -0.3 is 5.11 Å². The Morgan fingerprint density at radius 1 is 1.83 bits per heavy atom. The molecule has 0 spiro atoms. The molecule has 1 aliphatic rings. The number of hydrogen-bond acceptors (Lipinski definition) is 2. The molecular weight excluding hydrogens is 154 g/mol. The summed E-state index contributed by atoms with van der Waals surface area (Å²) in [5.74, 6) is -1.27. The first-order valence-electron chi connectivity index (χ1n) is 3.71. The Balaban J connectivity index is 2.70. The molecule has 0 aliphatic heterocycles. The van der Waals surface area contributed by atoms with E-state index in [2.05, 4.69) is 0 Å². The summed E-state index contributed by atoms with van der Waals surface area (Å²) in [7, 11) is 0. The van der Waals surface area contributed by atoms with Crippen molar-refractivity contribution >= 4 is 5.97 Å². The fourth-order valence-corrected chi connectivity index (χ4v) is 1.13. The Hall–Kier alpha value is -1.56. The van der Waals surface area contributed by atoms with Crippen molar-refractivity contribution in [1.82, 2.24) is 0 Å². The summed E-state index contributed by atoms with van der Waals surface area (Å²) in [4.78, 5) is 10.5. The van der Waals surface area contributed by atoms with Crippen LogP contribution in [-0.4, -0.2) is 11.1 Å². The van der Waals surface area contributed by atoms with Crippen LogP contribution in [0.5, 0.6) is 0 Å². The molecule has 0 aromatic rings. The lowest BCUT2D eigenvalue weighted by Gasteiger charge is -2.10. The van der Waals surface area contributed by atoms with Crippen molar-refractivity contribution in [2.45, 2.75) is 12.8 Å². The molecule has 0 saturated heterocycles. The zero-order valence-electron chi connectivity index (χ0n) is 6.53. The van der Waals surface area contributed by atoms with Gasteiger partial charge in [0, 0.05) is 0 Å². The van der Waals surface area contributed by atoms with Crippen molar-refractivity contribution in [3.8, 4) is 6.07 Å². The molecule has 0 fully saturated rings. The molecule has 12 heavy (non-hydrogen) atoms. The van der Waals surface area contributed by atoms with Gasteiger partial charge in [0.25, 0.3) is 0 Å². The quantitative estimate of drug-likeness (QED) is 0.670. The summed E-state index contributed by atoms with van der Waals surface area (Å²) >= 11 is 0. The normalized spacial score (nSPS) is 21.2. The van der Waals surface area contributed by atoms with Crippen molar-refractivity contribution in [1.29, 1.82) is 5.26 Å². The van der Waals surface area contributed by atoms with Crippen LogP contribution >= 0.6 is 0 Å². The van der Waals surface area contributed by atoms with Gasteiger partial charge in [0.1, 0.15) is 0 Å². The van der Waals surface area contributed by atoms with Gasteiger partial charge in [-0.15, -0.1) is 0 Å². The van der Waals surface area contributed by atoms with Crippen LogP contribution in [0, 0.1) is 17.2 Å². The van der Waals surface area contributed by atoms with Crippen molar-refractivity contribution in [2.24, 2.45) is 5.92 Å². The van der Waals surface area contributed by atoms with Gasteiger partial charge in [-0.1, -0.05) is 18.2 Å². The minimum atomic E-state index is -0.824. The maximum Gasteiger partial charge on any atom is 0.310 e. The molecule has 1 atom stereocenters. The van der Waals surface area contributed by atoms with E-state index >= 15 is 0 Å². The summed E-state index contributed by atoms with van der Waals surface area (Å²) < 4.78 is 0. The number of carbonyl (C=O) groups is 1. The fourth-order valence-electron chi connectivity index (χ4n) is 1.13. The predicted octanol–water partition coefficient (Wildman–Crippen LogP) is 1.49. The van der Waals surface area contributed by atoms with Crippen LogP contribution in [0.1, 0.15) is 12.8 Å². The lowest BCUT2D eigenvalue weighted by atomic mass is 9.95. The third-order valence-electron chi connectivity index (χ3n) is 1.74. The summed E-state index contributed by atoms with van der Waals surface area (Å²) in [6.07, 6.45) is 6.07. The highest BCUT2D eigenvalue weighted by atomic mass is 16.4. The van der Waals surface area contributed by atoms with Crippen LogP contribution < -0.4 is 0 Å². The van der Waals surface area contributed by atoms with E-state index < -0.39 is 11.9 Å². The second-order valence-corrected chi connectivity index (χ2v) is 2.66. The number of carboxylic acid groups (broad SMARTS) is 1. The molecule has 0 radical (unpaired) electrons. The van der Waals surface area contributed by atoms with Crippen molar-refractivity contribution in [2.75, 3.05) is 0 Å². The van der Waals surface area contributed by atoms with Crippen LogP contribution in [0.2, 0.25) is 0 Å². The maximum absolute atomic E-state index is 10.5. The molecule has 0 bridgehead atoms. The van der Waals surface area contributed by atoms with E-state index in [9.17, 15) is 4.79 Å². The van der Waals surface area contributed by atoms with Gasteiger partial charge in [-0.25, -0.2) is 0 Å². The van der Waals surface area contributed by atoms with Crippen LogP contribution in [0.3, 0.4) is 0 Å². The molecule has 0 heterocycles. The molecule has 1 aliphatic carbocycles. The number of rotatable bonds is 2. The van der Waals surface area contributed by atoms with Gasteiger partial charge in [0.15, 0.2) is 0 Å². The summed E-state index contributed by atoms with van der Waals surface area (Å²) in [6, 6.07) is 1.98. The van der Waals surface area contributed by atoms with Gasteiger partial charge in [-0.2, -0.15) is 5.26 Å². The maximum atomic E-state index is 10.5. The molecule has 0 aromatic carbocycles. The second-order valence-electron chi connectivity index (χ2n) is 2.66. The predicted molar refractivity (Wildman–Crippen MR) is 43.2 cm³/mol. The average Bonchev–Trinajstić information content (AvgIpc) is 2.05. The highest BCUT2D eigenvalue weighted by Gasteiger charge is 2.15. The number of aliphatic carboxylic acids is 1. The Morgan fingerprint density at radius 2 is 2.58 bits per heavy atom. The number of carboxylic acids is 1. The minimum absolute atomic E-state index is 0.292. The van der Waals surface area contributed by atoms with Crippen LogP contribution in [0.15, 0.2) is 23.8 Å². The monoisotopic (exact) mass is 163 g/mol. The second kappa shape index (κ2) is 3.72. The minimum Gasteiger partial charge on any atom is -0.481 e. The van der Waals surface area contributed by atoms with E-state index in [-0.39, 0.29) is 0 Å². The highest BCUT2D eigenvalue weighted by molar-refractivity contribution is 5.73. The Labute approximate surface area is 70.6 Å². The van der Waals surface area contributed by atoms with Gasteiger partial charge in [0.05, 0.1) is 18.4 Å². The van der Waals surface area contributed by atoms with Crippen LogP contribution in [-0.2, 0) is 4.79 Å². The Bertz CT molecular complexity index is 283. The lowest BCUT2D eigenvalue weighted by Crippen LogP contribution is -2.12. The molecule has 3 nitrogen and oxygen atoms in total. The fraction of sp³-hybridized carbons (Fsp3) is 0.333. The third-order valence-corrected chi connectivity index (χ3v) is 1.74. The van der Waals surface area contributed by atoms with E-state index in [1.54, 1.807) is 12.2 Å². The van der Waals surface area contributed by atoms with E-state index in [1.165, 1.54) is 0 Å². The zero-order chi connectivity index (χ0) is 8.97. The molecule has 0 amide bonds. The third kappa shape index (κ3) is 1.96. The summed E-state index contributed by atoms with van der Waals surface area (Å²) in [5.41, 5.74) is 0.802. The van der Waals surface area contributed by atoms with E-state index in [0.29, 0.717) is 12.8 Å². The number of allylic oxidation sites excluding steroid dienone is 3. The lowest BCUT2D eigenvalue weighted by molar-refractivity contribution is -0.140. The van der Waals surface area contributed by atoms with Crippen molar-refractivity contribution < 1.29 is 9.90 Å². The number of nitriles is 1. The molecule has 3 heteroatoms. The topological polar surface area (TPSA) is 61.1 Å². The first-order chi connectivity index (χ1) is 5.74. The van der Waals surface area contributed by atoms with Gasteiger partial charge in [0.2, 0.25) is 0 Å². The van der Waals surface area contributed by atoms with Crippen LogP contribution in [0.4, 0.5) is 0 Å². The van der Waals surface area contributed by atoms with Crippen molar-refractivity contribution in [3.63, 3.8) is 0 Å². The first-order valence-corrected chi connectivity index (χ1v) is 3.71. The largest absolute Gasteiger partial charge is 0.481 e. The molecular formula is C9H9NO2. The van der Waals surface area contributed by atoms with E-state index in [4.69, 9.17) is 10.4 Å². The Morgan fingerprint density at radius 3 is 3.17 bits per heavy atom. The van der Waals surface area contributed by atoms with E-state index in [0.717, 1.165) is 5.57 Å². The zero-order valence-corrected chi connectivity index (χ0v) is 6.53. The van der Waals surface area contributed by atoms with Crippen molar-refractivity contribution in [3.05, 3.63) is 23.8 Å². The average molecular weight is 163 g/mol. The first kappa shape index (κ1) is 8.54. The summed E-state index contributed by atoms with van der Waals surface area (Å²) in [5, 5.41) is 17.0. The van der Waals surface area contributed by atoms with Gasteiger partial charge >= 0.3 is 5.97 Å². The molecule has 0 aromatic heterocycles. The van der Waals surface area contributed by atoms with E-state index in [1.807, 2.05) is 12.1 Å². The molecule has 62 valence electrons. The van der Waals surface area contributed by atoms with Gasteiger partial charge in [-0.3, -0.25) is 4.79 Å². The Kier molecular flexibility index (Phi) is 2.65. The SMILES string of the molecule is N#CCC1=CC(C(=O)O)CC=C1. The standard InChI is InChI=1S/C9H9NO2/c10-5-4-7-2-1-3-8(6-7)9(11)12/h1-2,6,8H,3-4H2,(H,11,12). The number of nitrogens with zero attached hydrogens (tertiary/aromatic N) is 1. The molecule has 1 N–H and O–H groups in total. The summed E-state index contributed by atoms with van der Waals surface area (Å²) in [6.45, 7) is 0. The smallest absolute Gasteiger partial charge is 0.310 e. The highest BCUT2D eigenvalue weighted by Crippen LogP contribution is 2.18. The van der Waals surface area contributed by atoms with Gasteiger partial charge in [-0.05, 0) is 12.0 Å². The molecule has 0 saturated carbocycles. The van der Waals surface area contributed by atoms with Crippen LogP contribution in [0.25, 0.3) is 0 Å². The molecule has 1 unspecified atom stereocenters. The molecule has 1 rings (SSSR count). The number of hydrogen-bond donors (Lipinski definition) is 1.